The van der Waals surface area contributed by atoms with Gasteiger partial charge in [0.15, 0.2) is 0 Å². The van der Waals surface area contributed by atoms with E-state index in [1.54, 1.807) is 0 Å². The lowest BCUT2D eigenvalue weighted by atomic mass is 10.1. The maximum atomic E-state index is 13.4. The van der Waals surface area contributed by atoms with E-state index in [0.29, 0.717) is 12.1 Å². The Morgan fingerprint density at radius 1 is 1.28 bits per heavy atom. The lowest BCUT2D eigenvalue weighted by molar-refractivity contribution is 0.102. The Labute approximate surface area is 105 Å². The van der Waals surface area contributed by atoms with Gasteiger partial charge in [-0.1, -0.05) is 11.6 Å². The number of rotatable bonds is 2. The van der Waals surface area contributed by atoms with Crippen LogP contribution in [0.15, 0.2) is 18.3 Å². The summed E-state index contributed by atoms with van der Waals surface area (Å²) in [5.74, 6) is -4.66. The highest BCUT2D eigenvalue weighted by molar-refractivity contribution is 6.34. The van der Waals surface area contributed by atoms with Crippen molar-refractivity contribution in [3.63, 3.8) is 0 Å². The maximum Gasteiger partial charge on any atom is 0.218 e. The first-order valence-electron chi connectivity index (χ1n) is 4.78. The molecule has 3 nitrogen and oxygen atoms in total. The molecular weight excluding hydrogens is 269 g/mol. The molecule has 0 bridgehead atoms. The summed E-state index contributed by atoms with van der Waals surface area (Å²) in [4.78, 5) is 12.0. The normalized spacial score (nSPS) is 10.7. The SMILES string of the molecule is Cn1ncc(Cl)c1C(=O)c1c(F)cc(F)cc1F. The summed E-state index contributed by atoms with van der Waals surface area (Å²) in [6.45, 7) is 0. The number of aromatic nitrogens is 2. The van der Waals surface area contributed by atoms with Crippen molar-refractivity contribution in [2.45, 2.75) is 0 Å². The quantitative estimate of drug-likeness (QED) is 0.789. The molecule has 1 heterocycles. The largest absolute Gasteiger partial charge is 0.287 e. The molecule has 7 heteroatoms. The van der Waals surface area contributed by atoms with E-state index in [2.05, 4.69) is 5.10 Å². The topological polar surface area (TPSA) is 34.9 Å². The zero-order valence-electron chi connectivity index (χ0n) is 9.05. The van der Waals surface area contributed by atoms with Gasteiger partial charge in [0.2, 0.25) is 5.78 Å². The predicted molar refractivity (Wildman–Crippen MR) is 58.0 cm³/mol. The number of aryl methyl sites for hydroxylation is 1. The fourth-order valence-electron chi connectivity index (χ4n) is 1.54. The Kier molecular flexibility index (Phi) is 3.13. The van der Waals surface area contributed by atoms with Crippen molar-refractivity contribution in [3.05, 3.63) is 52.1 Å². The van der Waals surface area contributed by atoms with Crippen LogP contribution in [0.2, 0.25) is 5.02 Å². The molecule has 0 spiro atoms. The van der Waals surface area contributed by atoms with Crippen LogP contribution in [-0.4, -0.2) is 15.6 Å². The molecule has 0 atom stereocenters. The minimum absolute atomic E-state index is 0.0365. The van der Waals surface area contributed by atoms with Gasteiger partial charge in [0, 0.05) is 19.2 Å². The van der Waals surface area contributed by atoms with Gasteiger partial charge in [-0.25, -0.2) is 13.2 Å². The van der Waals surface area contributed by atoms with Gasteiger partial charge >= 0.3 is 0 Å². The number of ketones is 1. The molecule has 1 aromatic carbocycles. The van der Waals surface area contributed by atoms with Crippen molar-refractivity contribution in [1.82, 2.24) is 9.78 Å². The molecule has 94 valence electrons. The Hall–Kier alpha value is -1.82. The second kappa shape index (κ2) is 4.45. The lowest BCUT2D eigenvalue weighted by Crippen LogP contribution is -2.13. The molecule has 0 saturated heterocycles. The van der Waals surface area contributed by atoms with Crippen LogP contribution in [0, 0.1) is 17.5 Å². The molecular formula is C11H6ClF3N2O. The summed E-state index contributed by atoms with van der Waals surface area (Å²) in [6.07, 6.45) is 1.17. The molecule has 0 radical (unpaired) electrons. The van der Waals surface area contributed by atoms with Crippen LogP contribution in [-0.2, 0) is 7.05 Å². The molecule has 0 saturated carbocycles. The standard InChI is InChI=1S/C11H6ClF3N2O/c1-17-10(6(12)4-16-17)11(18)9-7(14)2-5(13)3-8(9)15/h2-4H,1H3. The second-order valence-corrected chi connectivity index (χ2v) is 3.95. The summed E-state index contributed by atoms with van der Waals surface area (Å²) in [5, 5.41) is 3.65. The highest BCUT2D eigenvalue weighted by Crippen LogP contribution is 2.22. The Morgan fingerprint density at radius 2 is 1.83 bits per heavy atom. The van der Waals surface area contributed by atoms with Gasteiger partial charge < -0.3 is 0 Å². The fraction of sp³-hybridized carbons (Fsp3) is 0.0909. The smallest absolute Gasteiger partial charge is 0.218 e. The van der Waals surface area contributed by atoms with Crippen molar-refractivity contribution in [3.8, 4) is 0 Å². The summed E-state index contributed by atoms with van der Waals surface area (Å²) < 4.78 is 40.7. The van der Waals surface area contributed by atoms with E-state index >= 15 is 0 Å². The van der Waals surface area contributed by atoms with E-state index in [4.69, 9.17) is 11.6 Å². The third-order valence-corrected chi connectivity index (χ3v) is 2.62. The Balaban J connectivity index is 2.60. The van der Waals surface area contributed by atoms with E-state index in [1.165, 1.54) is 13.2 Å². The average Bonchev–Trinajstić information content (AvgIpc) is 2.56. The minimum atomic E-state index is -1.28. The number of hydrogen-bond acceptors (Lipinski definition) is 2. The molecule has 18 heavy (non-hydrogen) atoms. The summed E-state index contributed by atoms with van der Waals surface area (Å²) in [5.41, 5.74) is -1.03. The van der Waals surface area contributed by atoms with E-state index in [1.807, 2.05) is 0 Å². The third-order valence-electron chi connectivity index (χ3n) is 2.34. The van der Waals surface area contributed by atoms with Crippen LogP contribution in [0.1, 0.15) is 16.1 Å². The lowest BCUT2D eigenvalue weighted by Gasteiger charge is -2.05. The number of carbonyl (C=O) groups excluding carboxylic acids is 1. The molecule has 0 amide bonds. The average molecular weight is 275 g/mol. The third kappa shape index (κ3) is 1.99. The number of halogens is 4. The summed E-state index contributed by atoms with van der Waals surface area (Å²) in [6, 6.07) is 0.862. The van der Waals surface area contributed by atoms with E-state index in [-0.39, 0.29) is 10.7 Å². The van der Waals surface area contributed by atoms with Crippen molar-refractivity contribution >= 4 is 17.4 Å². The number of hydrogen-bond donors (Lipinski definition) is 0. The van der Waals surface area contributed by atoms with Gasteiger partial charge in [-0.05, 0) is 0 Å². The zero-order chi connectivity index (χ0) is 13.4. The summed E-state index contributed by atoms with van der Waals surface area (Å²) in [7, 11) is 1.40. The van der Waals surface area contributed by atoms with Crippen LogP contribution < -0.4 is 0 Å². The Morgan fingerprint density at radius 3 is 2.28 bits per heavy atom. The van der Waals surface area contributed by atoms with Gasteiger partial charge in [0.05, 0.1) is 16.8 Å². The fourth-order valence-corrected chi connectivity index (χ4v) is 1.80. The molecule has 0 N–H and O–H groups in total. The zero-order valence-corrected chi connectivity index (χ0v) is 9.80. The predicted octanol–water partition coefficient (Wildman–Crippen LogP) is 2.72. The van der Waals surface area contributed by atoms with Crippen molar-refractivity contribution in [1.29, 1.82) is 0 Å². The number of nitrogens with zero attached hydrogens (tertiary/aromatic N) is 2. The Bertz CT molecular complexity index is 597. The minimum Gasteiger partial charge on any atom is -0.287 e. The highest BCUT2D eigenvalue weighted by atomic mass is 35.5. The first kappa shape index (κ1) is 12.6. The van der Waals surface area contributed by atoms with Crippen LogP contribution in [0.4, 0.5) is 13.2 Å². The van der Waals surface area contributed by atoms with Gasteiger partial charge in [-0.3, -0.25) is 9.48 Å². The first-order chi connectivity index (χ1) is 8.41. The molecule has 0 aliphatic rings. The van der Waals surface area contributed by atoms with Gasteiger partial charge in [-0.2, -0.15) is 5.10 Å². The van der Waals surface area contributed by atoms with Crippen molar-refractivity contribution < 1.29 is 18.0 Å². The van der Waals surface area contributed by atoms with Gasteiger partial charge in [0.25, 0.3) is 0 Å². The molecule has 1 aromatic heterocycles. The van der Waals surface area contributed by atoms with Crippen molar-refractivity contribution in [2.24, 2.45) is 7.05 Å². The first-order valence-corrected chi connectivity index (χ1v) is 5.16. The maximum absolute atomic E-state index is 13.4. The molecule has 0 aliphatic heterocycles. The molecule has 2 rings (SSSR count). The summed E-state index contributed by atoms with van der Waals surface area (Å²) >= 11 is 5.70. The van der Waals surface area contributed by atoms with Crippen LogP contribution in [0.5, 0.6) is 0 Å². The van der Waals surface area contributed by atoms with E-state index in [0.717, 1.165) is 4.68 Å². The molecule has 0 aliphatic carbocycles. The second-order valence-electron chi connectivity index (χ2n) is 3.54. The van der Waals surface area contributed by atoms with E-state index in [9.17, 15) is 18.0 Å². The molecule has 0 unspecified atom stereocenters. The number of carbonyl (C=O) groups is 1. The van der Waals surface area contributed by atoms with Crippen LogP contribution in [0.3, 0.4) is 0 Å². The van der Waals surface area contributed by atoms with Gasteiger partial charge in [-0.15, -0.1) is 0 Å². The monoisotopic (exact) mass is 274 g/mol. The van der Waals surface area contributed by atoms with E-state index < -0.39 is 28.8 Å². The number of benzene rings is 1. The van der Waals surface area contributed by atoms with Gasteiger partial charge in [0.1, 0.15) is 23.1 Å². The van der Waals surface area contributed by atoms with Crippen LogP contribution >= 0.6 is 11.6 Å². The van der Waals surface area contributed by atoms with Crippen molar-refractivity contribution in [2.75, 3.05) is 0 Å². The molecule has 2 aromatic rings. The highest BCUT2D eigenvalue weighted by Gasteiger charge is 2.24. The van der Waals surface area contributed by atoms with Crippen LogP contribution in [0.25, 0.3) is 0 Å². The molecule has 0 fully saturated rings.